The van der Waals surface area contributed by atoms with Crippen LogP contribution in [-0.4, -0.2) is 52.3 Å². The highest BCUT2D eigenvalue weighted by Gasteiger charge is 2.29. The van der Waals surface area contributed by atoms with Crippen LogP contribution < -0.4 is 23.9 Å². The number of nitrogens with zero attached hydrogens (tertiary/aromatic N) is 3. The second-order valence-electron chi connectivity index (χ2n) is 8.70. The molecule has 13 heteroatoms. The van der Waals surface area contributed by atoms with Crippen LogP contribution in [0.15, 0.2) is 70.7 Å². The van der Waals surface area contributed by atoms with Gasteiger partial charge < -0.3 is 14.2 Å². The van der Waals surface area contributed by atoms with Crippen LogP contribution in [0.3, 0.4) is 0 Å². The topological polar surface area (TPSA) is 150 Å². The smallest absolute Gasteiger partial charge is 0.273 e. The normalized spacial score (nSPS) is 11.2. The SMILES string of the molecule is CCCOc1ccc(/C=N\NC(=O)CN(c2ccc(OC)cc2)S(=O)(=O)c2ccc(C)c([N+](=O)[O-])c2)cc1OCC. The van der Waals surface area contributed by atoms with Gasteiger partial charge in [0.05, 0.1) is 42.0 Å². The van der Waals surface area contributed by atoms with Crippen molar-refractivity contribution in [3.8, 4) is 17.2 Å². The molecular weight excluding hydrogens is 552 g/mol. The minimum Gasteiger partial charge on any atom is -0.497 e. The molecule has 0 bridgehead atoms. The molecule has 0 saturated carbocycles. The fraction of sp³-hybridized carbons (Fsp3) is 0.286. The number of nitrogens with one attached hydrogen (secondary N) is 1. The van der Waals surface area contributed by atoms with Gasteiger partial charge >= 0.3 is 0 Å². The number of carbonyl (C=O) groups excluding carboxylic acids is 1. The molecule has 0 heterocycles. The third-order valence-corrected chi connectivity index (χ3v) is 7.51. The van der Waals surface area contributed by atoms with E-state index in [0.29, 0.717) is 41.6 Å². The van der Waals surface area contributed by atoms with Gasteiger partial charge in [-0.25, -0.2) is 13.8 Å². The van der Waals surface area contributed by atoms with Crippen LogP contribution in [0.4, 0.5) is 11.4 Å². The maximum absolute atomic E-state index is 13.6. The van der Waals surface area contributed by atoms with Crippen LogP contribution in [0, 0.1) is 17.0 Å². The Morgan fingerprint density at radius 1 is 1.05 bits per heavy atom. The Labute approximate surface area is 238 Å². The molecule has 3 aromatic carbocycles. The lowest BCUT2D eigenvalue weighted by Gasteiger charge is -2.24. The maximum Gasteiger partial charge on any atom is 0.273 e. The molecule has 0 spiro atoms. The highest BCUT2D eigenvalue weighted by Crippen LogP contribution is 2.30. The van der Waals surface area contributed by atoms with Crippen molar-refractivity contribution in [2.24, 2.45) is 5.10 Å². The Bertz CT molecular complexity index is 1510. The summed E-state index contributed by atoms with van der Waals surface area (Å²) in [5.41, 5.74) is 3.05. The van der Waals surface area contributed by atoms with Crippen LogP contribution in [0.25, 0.3) is 0 Å². The Hall–Kier alpha value is -4.65. The molecule has 0 aliphatic carbocycles. The number of amides is 1. The van der Waals surface area contributed by atoms with Gasteiger partial charge in [-0.15, -0.1) is 0 Å². The third kappa shape index (κ3) is 7.94. The zero-order chi connectivity index (χ0) is 30.0. The summed E-state index contributed by atoms with van der Waals surface area (Å²) in [6, 6.07) is 14.8. The molecule has 1 amide bonds. The van der Waals surface area contributed by atoms with Crippen LogP contribution >= 0.6 is 0 Å². The second-order valence-corrected chi connectivity index (χ2v) is 10.6. The van der Waals surface area contributed by atoms with Crippen molar-refractivity contribution < 1.29 is 32.3 Å². The number of hydrogen-bond acceptors (Lipinski definition) is 9. The van der Waals surface area contributed by atoms with E-state index >= 15 is 0 Å². The zero-order valence-electron chi connectivity index (χ0n) is 23.2. The van der Waals surface area contributed by atoms with Gasteiger partial charge in [-0.1, -0.05) is 13.0 Å². The Morgan fingerprint density at radius 3 is 2.41 bits per heavy atom. The monoisotopic (exact) mass is 584 g/mol. The number of anilines is 1. The van der Waals surface area contributed by atoms with Gasteiger partial charge in [0.15, 0.2) is 11.5 Å². The summed E-state index contributed by atoms with van der Waals surface area (Å²) in [6.07, 6.45) is 2.23. The molecular formula is C28H32N4O8S. The molecule has 0 saturated heterocycles. The van der Waals surface area contributed by atoms with Crippen molar-refractivity contribution in [1.82, 2.24) is 5.43 Å². The van der Waals surface area contributed by atoms with Crippen molar-refractivity contribution in [2.75, 3.05) is 31.2 Å². The molecule has 0 aromatic heterocycles. The number of sulfonamides is 1. The number of nitro benzene ring substituents is 1. The summed E-state index contributed by atoms with van der Waals surface area (Å²) in [6.45, 7) is 5.66. The molecule has 3 rings (SSSR count). The predicted octanol–water partition coefficient (Wildman–Crippen LogP) is 4.44. The number of hydrogen-bond donors (Lipinski definition) is 1. The minimum absolute atomic E-state index is 0.150. The minimum atomic E-state index is -4.40. The fourth-order valence-electron chi connectivity index (χ4n) is 3.69. The average Bonchev–Trinajstić information content (AvgIpc) is 2.95. The van der Waals surface area contributed by atoms with E-state index in [2.05, 4.69) is 10.5 Å². The van der Waals surface area contributed by atoms with Gasteiger partial charge in [0.2, 0.25) is 0 Å². The van der Waals surface area contributed by atoms with Crippen molar-refractivity contribution in [3.05, 3.63) is 81.9 Å². The molecule has 0 unspecified atom stereocenters. The van der Waals surface area contributed by atoms with E-state index < -0.39 is 27.4 Å². The summed E-state index contributed by atoms with van der Waals surface area (Å²) in [5.74, 6) is 0.852. The molecule has 12 nitrogen and oxygen atoms in total. The van der Waals surface area contributed by atoms with Gasteiger partial charge in [-0.2, -0.15) is 5.10 Å². The standard InChI is InChI=1S/C28H32N4O8S/c1-5-15-40-26-14-8-21(16-27(26)39-6-2)18-29-30-28(33)19-31(22-9-11-23(38-4)12-10-22)41(36,37)24-13-7-20(3)25(17-24)32(34)35/h7-14,16-18H,5-6,15,19H2,1-4H3,(H,30,33)/b29-18-. The number of nitro groups is 1. The number of carbonyl (C=O) groups is 1. The van der Waals surface area contributed by atoms with E-state index in [4.69, 9.17) is 14.2 Å². The van der Waals surface area contributed by atoms with E-state index in [1.165, 1.54) is 56.6 Å². The number of ether oxygens (including phenoxy) is 3. The molecule has 0 atom stereocenters. The molecule has 41 heavy (non-hydrogen) atoms. The first-order valence-electron chi connectivity index (χ1n) is 12.7. The number of methoxy groups -OCH3 is 1. The number of benzene rings is 3. The summed E-state index contributed by atoms with van der Waals surface area (Å²) >= 11 is 0. The van der Waals surface area contributed by atoms with E-state index in [0.717, 1.165) is 16.8 Å². The highest BCUT2D eigenvalue weighted by molar-refractivity contribution is 7.92. The van der Waals surface area contributed by atoms with Gasteiger partial charge in [-0.05, 0) is 74.4 Å². The first-order valence-corrected chi connectivity index (χ1v) is 14.2. The molecule has 1 N–H and O–H groups in total. The fourth-order valence-corrected chi connectivity index (χ4v) is 5.13. The summed E-state index contributed by atoms with van der Waals surface area (Å²) in [7, 11) is -2.94. The highest BCUT2D eigenvalue weighted by atomic mass is 32.2. The number of aryl methyl sites for hydroxylation is 1. The van der Waals surface area contributed by atoms with E-state index in [1.54, 1.807) is 18.2 Å². The van der Waals surface area contributed by atoms with Crippen molar-refractivity contribution in [1.29, 1.82) is 0 Å². The van der Waals surface area contributed by atoms with Gasteiger partial charge in [0.1, 0.15) is 12.3 Å². The van der Waals surface area contributed by atoms with Gasteiger partial charge in [-0.3, -0.25) is 19.2 Å². The van der Waals surface area contributed by atoms with Crippen LogP contribution in [0.2, 0.25) is 0 Å². The Balaban J connectivity index is 1.86. The third-order valence-electron chi connectivity index (χ3n) is 5.75. The summed E-state index contributed by atoms with van der Waals surface area (Å²) in [4.78, 5) is 23.3. The van der Waals surface area contributed by atoms with Crippen molar-refractivity contribution in [3.63, 3.8) is 0 Å². The molecule has 218 valence electrons. The lowest BCUT2D eigenvalue weighted by molar-refractivity contribution is -0.385. The van der Waals surface area contributed by atoms with E-state index in [-0.39, 0.29) is 16.3 Å². The van der Waals surface area contributed by atoms with Gasteiger partial charge in [0, 0.05) is 11.6 Å². The first kappa shape index (κ1) is 30.9. The van der Waals surface area contributed by atoms with Crippen LogP contribution in [0.5, 0.6) is 17.2 Å². The summed E-state index contributed by atoms with van der Waals surface area (Å²) < 4.78 is 44.6. The number of rotatable bonds is 14. The van der Waals surface area contributed by atoms with Gasteiger partial charge in [0.25, 0.3) is 21.6 Å². The maximum atomic E-state index is 13.6. The zero-order valence-corrected chi connectivity index (χ0v) is 24.0. The molecule has 0 aliphatic heterocycles. The second kappa shape index (κ2) is 14.1. The molecule has 0 aliphatic rings. The summed E-state index contributed by atoms with van der Waals surface area (Å²) in [5, 5.41) is 15.4. The lowest BCUT2D eigenvalue weighted by Crippen LogP contribution is -2.39. The quantitative estimate of drug-likeness (QED) is 0.166. The molecule has 0 fully saturated rings. The van der Waals surface area contributed by atoms with Crippen LogP contribution in [-0.2, 0) is 14.8 Å². The Morgan fingerprint density at radius 2 is 1.78 bits per heavy atom. The van der Waals surface area contributed by atoms with Crippen molar-refractivity contribution >= 4 is 33.5 Å². The predicted molar refractivity (Wildman–Crippen MR) is 154 cm³/mol. The van der Waals surface area contributed by atoms with Crippen LogP contribution in [0.1, 0.15) is 31.4 Å². The largest absolute Gasteiger partial charge is 0.497 e. The van der Waals surface area contributed by atoms with E-state index in [9.17, 15) is 23.3 Å². The first-order chi connectivity index (χ1) is 19.6. The number of hydrazone groups is 1. The van der Waals surface area contributed by atoms with Crippen molar-refractivity contribution in [2.45, 2.75) is 32.1 Å². The average molecular weight is 585 g/mol. The van der Waals surface area contributed by atoms with E-state index in [1.807, 2.05) is 13.8 Å². The molecule has 0 radical (unpaired) electrons. The molecule has 3 aromatic rings. The lowest BCUT2D eigenvalue weighted by atomic mass is 10.2. The Kier molecular flexibility index (Phi) is 10.6.